The second-order valence-corrected chi connectivity index (χ2v) is 6.67. The van der Waals surface area contributed by atoms with Gasteiger partial charge in [0.2, 0.25) is 0 Å². The van der Waals surface area contributed by atoms with Crippen LogP contribution < -0.4 is 5.73 Å². The Kier molecular flexibility index (Phi) is 5.03. The van der Waals surface area contributed by atoms with Crippen molar-refractivity contribution in [3.63, 3.8) is 0 Å². The summed E-state index contributed by atoms with van der Waals surface area (Å²) in [6.45, 7) is 4.99. The zero-order valence-electron chi connectivity index (χ0n) is 11.0. The third kappa shape index (κ3) is 3.58. The molecule has 0 aliphatic carbocycles. The van der Waals surface area contributed by atoms with Crippen molar-refractivity contribution in [3.8, 4) is 0 Å². The van der Waals surface area contributed by atoms with Crippen LogP contribution in [0.3, 0.4) is 0 Å². The fraction of sp³-hybridized carbons (Fsp3) is 0.357. The number of nitrogens with two attached hydrogens (primary N) is 1. The van der Waals surface area contributed by atoms with E-state index in [4.69, 9.17) is 5.73 Å². The second kappa shape index (κ2) is 6.37. The average Bonchev–Trinajstić information content (AvgIpc) is 2.72. The topological polar surface area (TPSA) is 43.8 Å². The molecule has 0 fully saturated rings. The average molecular weight is 434 g/mol. The fourth-order valence-electron chi connectivity index (χ4n) is 2.17. The van der Waals surface area contributed by atoms with Crippen molar-refractivity contribution in [2.75, 3.05) is 0 Å². The molecule has 2 N–H and O–H groups in total. The van der Waals surface area contributed by atoms with E-state index in [1.165, 1.54) is 9.26 Å². The minimum atomic E-state index is -0.0227. The van der Waals surface area contributed by atoms with Gasteiger partial charge in [-0.2, -0.15) is 5.10 Å². The maximum Gasteiger partial charge on any atom is 0.0596 e. The number of aryl methyl sites for hydroxylation is 2. The minimum Gasteiger partial charge on any atom is -0.324 e. The van der Waals surface area contributed by atoms with Crippen LogP contribution >= 0.6 is 38.5 Å². The van der Waals surface area contributed by atoms with E-state index in [-0.39, 0.29) is 6.04 Å². The lowest BCUT2D eigenvalue weighted by atomic mass is 10.0. The Morgan fingerprint density at radius 1 is 1.42 bits per heavy atom. The van der Waals surface area contributed by atoms with Crippen molar-refractivity contribution in [2.45, 2.75) is 32.9 Å². The highest BCUT2D eigenvalue weighted by atomic mass is 127. The molecule has 0 bridgehead atoms. The Labute approximate surface area is 135 Å². The van der Waals surface area contributed by atoms with Gasteiger partial charge in [-0.15, -0.1) is 0 Å². The van der Waals surface area contributed by atoms with Gasteiger partial charge in [0.1, 0.15) is 0 Å². The molecule has 0 spiro atoms. The quantitative estimate of drug-likeness (QED) is 0.744. The van der Waals surface area contributed by atoms with Gasteiger partial charge in [0.15, 0.2) is 0 Å². The van der Waals surface area contributed by atoms with Crippen LogP contribution in [0.1, 0.15) is 29.9 Å². The van der Waals surface area contributed by atoms with Crippen molar-refractivity contribution < 1.29 is 0 Å². The van der Waals surface area contributed by atoms with Crippen LogP contribution in [0, 0.1) is 10.5 Å². The molecule has 1 aromatic carbocycles. The number of halogens is 2. The highest BCUT2D eigenvalue weighted by molar-refractivity contribution is 14.1. The summed E-state index contributed by atoms with van der Waals surface area (Å²) in [7, 11) is 0. The number of benzene rings is 1. The highest BCUT2D eigenvalue weighted by Crippen LogP contribution is 2.26. The van der Waals surface area contributed by atoms with E-state index in [0.29, 0.717) is 0 Å². The van der Waals surface area contributed by atoms with Gasteiger partial charge in [-0.05, 0) is 66.3 Å². The standard InChI is InChI=1S/C14H17BrIN3/c1-3-19-11(6-9(2)18-19)8-14(17)12-7-10(16)4-5-13(12)15/h4-7,14H,3,8,17H2,1-2H3. The second-order valence-electron chi connectivity index (χ2n) is 4.57. The largest absolute Gasteiger partial charge is 0.324 e. The predicted molar refractivity (Wildman–Crippen MR) is 90.1 cm³/mol. The molecule has 2 rings (SSSR count). The van der Waals surface area contributed by atoms with Crippen LogP contribution in [0.2, 0.25) is 0 Å². The van der Waals surface area contributed by atoms with Crippen molar-refractivity contribution in [1.82, 2.24) is 9.78 Å². The Morgan fingerprint density at radius 3 is 2.84 bits per heavy atom. The van der Waals surface area contributed by atoms with Gasteiger partial charge in [-0.25, -0.2) is 0 Å². The van der Waals surface area contributed by atoms with E-state index in [0.717, 1.165) is 28.7 Å². The van der Waals surface area contributed by atoms with Crippen LogP contribution in [0.15, 0.2) is 28.7 Å². The number of hydrogen-bond donors (Lipinski definition) is 1. The summed E-state index contributed by atoms with van der Waals surface area (Å²) in [5.74, 6) is 0. The van der Waals surface area contributed by atoms with Crippen molar-refractivity contribution in [1.29, 1.82) is 0 Å². The molecular weight excluding hydrogens is 417 g/mol. The first-order chi connectivity index (χ1) is 9.01. The molecule has 1 unspecified atom stereocenters. The Balaban J connectivity index is 2.25. The summed E-state index contributed by atoms with van der Waals surface area (Å²) in [6, 6.07) is 8.35. The first kappa shape index (κ1) is 15.0. The normalized spacial score (nSPS) is 12.7. The molecule has 0 aliphatic heterocycles. The molecule has 0 saturated carbocycles. The minimum absolute atomic E-state index is 0.0227. The van der Waals surface area contributed by atoms with Crippen LogP contribution in [0.25, 0.3) is 0 Å². The summed E-state index contributed by atoms with van der Waals surface area (Å²) < 4.78 is 4.29. The fourth-order valence-corrected chi connectivity index (χ4v) is 3.23. The molecule has 0 amide bonds. The molecule has 102 valence electrons. The predicted octanol–water partition coefficient (Wildman–Crippen LogP) is 3.82. The van der Waals surface area contributed by atoms with Crippen molar-refractivity contribution in [3.05, 3.63) is 49.3 Å². The maximum atomic E-state index is 6.36. The highest BCUT2D eigenvalue weighted by Gasteiger charge is 2.14. The van der Waals surface area contributed by atoms with Crippen molar-refractivity contribution in [2.24, 2.45) is 5.73 Å². The van der Waals surface area contributed by atoms with Gasteiger partial charge >= 0.3 is 0 Å². The van der Waals surface area contributed by atoms with Gasteiger partial charge in [0, 0.05) is 32.7 Å². The molecule has 0 radical (unpaired) electrons. The zero-order valence-corrected chi connectivity index (χ0v) is 14.8. The summed E-state index contributed by atoms with van der Waals surface area (Å²) in [5, 5.41) is 4.46. The molecule has 5 heteroatoms. The van der Waals surface area contributed by atoms with Crippen LogP contribution in [0.4, 0.5) is 0 Å². The van der Waals surface area contributed by atoms with Crippen LogP contribution in [0.5, 0.6) is 0 Å². The van der Waals surface area contributed by atoms with Gasteiger partial charge < -0.3 is 5.73 Å². The molecule has 1 heterocycles. The van der Waals surface area contributed by atoms with Crippen LogP contribution in [-0.4, -0.2) is 9.78 Å². The van der Waals surface area contributed by atoms with Gasteiger partial charge in [-0.1, -0.05) is 15.9 Å². The molecule has 0 saturated heterocycles. The van der Waals surface area contributed by atoms with Crippen molar-refractivity contribution >= 4 is 38.5 Å². The van der Waals surface area contributed by atoms with E-state index in [2.05, 4.69) is 74.8 Å². The monoisotopic (exact) mass is 433 g/mol. The maximum absolute atomic E-state index is 6.36. The Hall–Kier alpha value is -0.400. The van der Waals surface area contributed by atoms with Gasteiger partial charge in [0.25, 0.3) is 0 Å². The van der Waals surface area contributed by atoms with Crippen LogP contribution in [-0.2, 0) is 13.0 Å². The summed E-state index contributed by atoms with van der Waals surface area (Å²) in [4.78, 5) is 0. The Bertz CT molecular complexity index is 580. The smallest absolute Gasteiger partial charge is 0.0596 e. The first-order valence-corrected chi connectivity index (χ1v) is 8.12. The summed E-state index contributed by atoms with van der Waals surface area (Å²) in [6.07, 6.45) is 0.799. The summed E-state index contributed by atoms with van der Waals surface area (Å²) >= 11 is 5.89. The van der Waals surface area contributed by atoms with E-state index < -0.39 is 0 Å². The third-order valence-electron chi connectivity index (χ3n) is 3.07. The number of rotatable bonds is 4. The number of hydrogen-bond acceptors (Lipinski definition) is 2. The molecule has 19 heavy (non-hydrogen) atoms. The van der Waals surface area contributed by atoms with E-state index in [1.807, 2.05) is 11.6 Å². The first-order valence-electron chi connectivity index (χ1n) is 6.25. The lowest BCUT2D eigenvalue weighted by Crippen LogP contribution is -2.16. The zero-order chi connectivity index (χ0) is 14.0. The SMILES string of the molecule is CCn1nc(C)cc1CC(N)c1cc(I)ccc1Br. The molecule has 2 aromatic rings. The molecule has 0 aliphatic rings. The number of aromatic nitrogens is 2. The van der Waals surface area contributed by atoms with E-state index in [9.17, 15) is 0 Å². The molecule has 3 nitrogen and oxygen atoms in total. The summed E-state index contributed by atoms with van der Waals surface area (Å²) in [5.41, 5.74) is 9.74. The Morgan fingerprint density at radius 2 is 2.16 bits per heavy atom. The number of nitrogens with zero attached hydrogens (tertiary/aromatic N) is 2. The lowest BCUT2D eigenvalue weighted by Gasteiger charge is -2.15. The van der Waals surface area contributed by atoms with E-state index >= 15 is 0 Å². The van der Waals surface area contributed by atoms with Gasteiger partial charge in [0.05, 0.1) is 5.69 Å². The molecule has 1 aromatic heterocycles. The molecular formula is C14H17BrIN3. The van der Waals surface area contributed by atoms with Gasteiger partial charge in [-0.3, -0.25) is 4.68 Å². The molecule has 1 atom stereocenters. The third-order valence-corrected chi connectivity index (χ3v) is 4.46. The lowest BCUT2D eigenvalue weighted by molar-refractivity contribution is 0.586. The van der Waals surface area contributed by atoms with E-state index in [1.54, 1.807) is 0 Å².